The first-order valence-corrected chi connectivity index (χ1v) is 60.5. The summed E-state index contributed by atoms with van der Waals surface area (Å²) in [7, 11) is 10.7. The van der Waals surface area contributed by atoms with Crippen LogP contribution in [-0.4, -0.2) is 171 Å². The molecule has 24 aliphatic carbocycles. The van der Waals surface area contributed by atoms with Crippen LogP contribution in [0.15, 0.2) is 164 Å². The second-order valence-corrected chi connectivity index (χ2v) is 51.8. The third kappa shape index (κ3) is 36.8. The highest BCUT2D eigenvalue weighted by Gasteiger charge is 2.46. The lowest BCUT2D eigenvalue weighted by Crippen LogP contribution is -2.25. The number of allylic oxidation sites excluding steroid dienone is 23. The number of ether oxygens (including phenoxy) is 12. The molecule has 37 atom stereocenters. The van der Waals surface area contributed by atoms with E-state index in [0.29, 0.717) is 43.4 Å². The van der Waals surface area contributed by atoms with Gasteiger partial charge in [-0.2, -0.15) is 0 Å². The lowest BCUT2D eigenvalue weighted by Gasteiger charge is -2.32. The molecule has 24 bridgehead atoms. The van der Waals surface area contributed by atoms with Crippen LogP contribution in [0.1, 0.15) is 272 Å². The first kappa shape index (κ1) is 118. The van der Waals surface area contributed by atoms with Gasteiger partial charge in [-0.25, -0.2) is 4.39 Å². The molecule has 0 aliphatic heterocycles. The maximum Gasteiger partial charge on any atom is 0.126 e. The van der Waals surface area contributed by atoms with Crippen molar-refractivity contribution < 1.29 is 66.3 Å². The van der Waals surface area contributed by atoms with Gasteiger partial charge in [0.25, 0.3) is 0 Å². The molecular formula is C133H209FO13. The number of benzene rings is 1. The Morgan fingerprint density at radius 2 is 0.639 bits per heavy atom. The molecule has 14 heteroatoms. The number of hydrogen-bond acceptors (Lipinski definition) is 13. The van der Waals surface area contributed by atoms with Gasteiger partial charge in [-0.1, -0.05) is 206 Å². The molecule has 1 aromatic carbocycles. The van der Waals surface area contributed by atoms with E-state index in [-0.39, 0.29) is 5.82 Å². The molecule has 1 aromatic rings. The number of fused-ring (bicyclic) bond motifs is 24. The van der Waals surface area contributed by atoms with E-state index in [9.17, 15) is 9.50 Å². The molecule has 0 amide bonds. The van der Waals surface area contributed by atoms with E-state index >= 15 is 0 Å². The summed E-state index contributed by atoms with van der Waals surface area (Å²) in [6.45, 7) is 35.3. The van der Waals surface area contributed by atoms with Gasteiger partial charge >= 0.3 is 0 Å². The lowest BCUT2D eigenvalue weighted by atomic mass is 9.73. The van der Waals surface area contributed by atoms with Crippen LogP contribution in [0.2, 0.25) is 0 Å². The van der Waals surface area contributed by atoms with Gasteiger partial charge in [-0.3, -0.25) is 0 Å². The van der Waals surface area contributed by atoms with Crippen LogP contribution in [0.3, 0.4) is 0 Å². The van der Waals surface area contributed by atoms with Crippen LogP contribution in [0.4, 0.5) is 4.39 Å². The summed E-state index contributed by atoms with van der Waals surface area (Å²) >= 11 is 0. The van der Waals surface area contributed by atoms with Gasteiger partial charge in [0.05, 0.1) is 44.2 Å². The largest absolute Gasteiger partial charge is 0.390 e. The molecule has 147 heavy (non-hydrogen) atoms. The molecule has 826 valence electrons. The summed E-state index contributed by atoms with van der Waals surface area (Å²) in [5, 5.41) is 9.68. The van der Waals surface area contributed by atoms with Crippen molar-refractivity contribution in [1.29, 1.82) is 0 Å². The zero-order chi connectivity index (χ0) is 104. The fourth-order valence-corrected chi connectivity index (χ4v) is 31.0. The van der Waals surface area contributed by atoms with E-state index < -0.39 is 5.60 Å². The standard InChI is InChI=1S/C15H17F.C14H24O3.C13H22O2.C12H20O2.C12H20O.C11H18O.C11H18.4C9H14O.C9H14/c1-10-2-3-12(9-15(10)16)8-14-7-11-4-5-13(14)6-11;1-2-5-15-6-7-16-8-9-17-14-11-12-3-4-13(14)10-12;1-10(14-2)5-6-15-9-13-8-11-3-4-12(13)7-11;1-13-5-2-6-14-9-12-8-10-3-4-11(12)7-10;1-2-6-13-7-5-12-9-10-3-4-11(12)8-10;1-11(2,12)7-10-6-8-3-4-9(10)5-8;1-11(2,3)10-7-8-4-5-9(10)6-8;4*1-10-6-9-5-7-2-3-8(9)4-7;1-2-8-5-7-3-4-9(8)6-7/h2-5,9,11,13-14H,6-8H2,1H3;3-4,12-14H,2,5-11H2,1H3;3-4,10-13H,5-9H2,1-2H3;3-4,10-12H,2,5-9H2,1H3;3-4,10-12H,2,5-9H2,1H3;3-4,8-10,12H,5-7H2,1-2H3;4-5,8-10H,6-7H2,1-3H3;4*2-3,7-9H,4-6H2,1H3;3-4,7-9H,2,5-6H2,1H3. The SMILES string of the molecule is CC(C)(C)C1CC2C=CC1C2.CC(C)(O)CC1CC2C=CC1C2.CCC1CC2C=CC1C2.CCCOCCC1CC2C=CC1C2.CCCOCCOCCOC1CC2C=CC1C2.COC(C)CCOCC1CC2C=CC1C2.COCC1CC2C=CC1C2.COCC1CC2C=CC1C2.COCC1CC2C=CC1C2.COCC1CC2C=CC1C2.COCCCOCC1CC2C=CC1C2.Cc1ccc(CC2CC3C=CC2C3)cc1F. The third-order valence-corrected chi connectivity index (χ3v) is 38.9. The van der Waals surface area contributed by atoms with Crippen LogP contribution in [0.25, 0.3) is 0 Å². The molecule has 0 spiro atoms. The molecular weight excluding hydrogens is 1820 g/mol. The van der Waals surface area contributed by atoms with Gasteiger partial charge in [0.1, 0.15) is 5.82 Å². The van der Waals surface area contributed by atoms with Crippen molar-refractivity contribution in [2.75, 3.05) is 148 Å². The van der Waals surface area contributed by atoms with Crippen molar-refractivity contribution in [3.8, 4) is 0 Å². The van der Waals surface area contributed by atoms with Gasteiger partial charge in [0.2, 0.25) is 0 Å². The van der Waals surface area contributed by atoms with Gasteiger partial charge in [-0.05, 0) is 451 Å². The molecule has 0 saturated heterocycles. The highest BCUT2D eigenvalue weighted by Crippen LogP contribution is 2.55. The van der Waals surface area contributed by atoms with Crippen molar-refractivity contribution in [2.45, 2.75) is 293 Å². The fourth-order valence-electron chi connectivity index (χ4n) is 31.0. The van der Waals surface area contributed by atoms with E-state index in [0.717, 1.165) is 337 Å². The van der Waals surface area contributed by atoms with Gasteiger partial charge in [0, 0.05) is 128 Å². The molecule has 0 aromatic heterocycles. The normalized spacial score (nSPS) is 37.8. The Hall–Kier alpha value is -4.49. The van der Waals surface area contributed by atoms with Crippen LogP contribution < -0.4 is 0 Å². The van der Waals surface area contributed by atoms with E-state index in [1.54, 1.807) is 48.7 Å². The summed E-state index contributed by atoms with van der Waals surface area (Å²) in [4.78, 5) is 0. The first-order chi connectivity index (χ1) is 71.3. The lowest BCUT2D eigenvalue weighted by molar-refractivity contribution is -0.0185. The number of aliphatic hydroxyl groups is 1. The molecule has 24 aliphatic rings. The highest BCUT2D eigenvalue weighted by molar-refractivity contribution is 5.26. The van der Waals surface area contributed by atoms with E-state index in [1.165, 1.54) is 167 Å². The number of halogens is 1. The van der Waals surface area contributed by atoms with Gasteiger partial charge in [0.15, 0.2) is 0 Å². The minimum Gasteiger partial charge on any atom is -0.390 e. The van der Waals surface area contributed by atoms with Gasteiger partial charge < -0.3 is 61.9 Å². The predicted molar refractivity (Wildman–Crippen MR) is 602 cm³/mol. The maximum atomic E-state index is 13.4. The van der Waals surface area contributed by atoms with Crippen LogP contribution in [0, 0.1) is 225 Å². The van der Waals surface area contributed by atoms with Gasteiger partial charge in [-0.15, -0.1) is 0 Å². The molecule has 25 rings (SSSR count). The second-order valence-electron chi connectivity index (χ2n) is 51.8. The average Bonchev–Trinajstić information content (AvgIpc) is 1.64. The predicted octanol–water partition coefficient (Wildman–Crippen LogP) is 29.8. The molecule has 12 saturated carbocycles. The molecule has 0 heterocycles. The summed E-state index contributed by atoms with van der Waals surface area (Å²) in [5.74, 6) is 29.9. The van der Waals surface area contributed by atoms with Crippen molar-refractivity contribution >= 4 is 0 Å². The number of aryl methyl sites for hydroxylation is 1. The number of methoxy groups -OCH3 is 6. The smallest absolute Gasteiger partial charge is 0.126 e. The summed E-state index contributed by atoms with van der Waals surface area (Å²) in [6.07, 6.45) is 99.9. The maximum absolute atomic E-state index is 13.4. The van der Waals surface area contributed by atoms with E-state index in [1.807, 2.05) is 26.8 Å². The Bertz CT molecular complexity index is 4160. The Kier molecular flexibility index (Phi) is 48.7. The van der Waals surface area contributed by atoms with E-state index in [2.05, 4.69) is 200 Å². The van der Waals surface area contributed by atoms with Crippen LogP contribution in [-0.2, 0) is 63.3 Å². The molecule has 0 radical (unpaired) electrons. The monoisotopic (exact) mass is 2030 g/mol. The van der Waals surface area contributed by atoms with E-state index in [4.69, 9.17) is 56.8 Å². The summed E-state index contributed by atoms with van der Waals surface area (Å²) < 4.78 is 77.7. The third-order valence-electron chi connectivity index (χ3n) is 38.9. The first-order valence-electron chi connectivity index (χ1n) is 60.5. The number of rotatable bonds is 39. The zero-order valence-corrected chi connectivity index (χ0v) is 95.1. The van der Waals surface area contributed by atoms with Crippen molar-refractivity contribution in [1.82, 2.24) is 0 Å². The molecule has 13 nitrogen and oxygen atoms in total. The molecule has 12 fully saturated rings. The molecule has 37 unspecified atom stereocenters. The van der Waals surface area contributed by atoms with Crippen LogP contribution >= 0.6 is 0 Å². The Morgan fingerprint density at radius 3 is 0.939 bits per heavy atom. The Morgan fingerprint density at radius 1 is 0.313 bits per heavy atom. The average molecular weight is 2040 g/mol. The van der Waals surface area contributed by atoms with Crippen LogP contribution in [0.5, 0.6) is 0 Å². The molecule has 1 N–H and O–H groups in total. The quantitative estimate of drug-likeness (QED) is 0.0496. The Labute approximate surface area is 895 Å². The highest BCUT2D eigenvalue weighted by atomic mass is 19.1. The fraction of sp³-hybridized carbons (Fsp3) is 0.774. The summed E-state index contributed by atoms with van der Waals surface area (Å²) in [5.41, 5.74) is 1.97. The minimum atomic E-state index is -0.469. The van der Waals surface area contributed by atoms with Crippen molar-refractivity contribution in [2.24, 2.45) is 213 Å². The summed E-state index contributed by atoms with van der Waals surface area (Å²) in [6, 6.07) is 5.69. The van der Waals surface area contributed by atoms with Crippen molar-refractivity contribution in [3.05, 3.63) is 181 Å². The minimum absolute atomic E-state index is 0.0591. The zero-order valence-electron chi connectivity index (χ0n) is 95.1. The van der Waals surface area contributed by atoms with Crippen molar-refractivity contribution in [3.63, 3.8) is 0 Å². The second kappa shape index (κ2) is 60.7. The number of hydrogen-bond donors (Lipinski definition) is 1. The Balaban J connectivity index is 0.000000127. The topological polar surface area (TPSA) is 131 Å².